The number of carboxylic acids is 1. The number of amides is 2. The van der Waals surface area contributed by atoms with Crippen LogP contribution >= 0.6 is 12.2 Å². The van der Waals surface area contributed by atoms with Gasteiger partial charge in [0.05, 0.1) is 5.97 Å². The van der Waals surface area contributed by atoms with Crippen LogP contribution in [0.5, 0.6) is 0 Å². The molecule has 1 aromatic carbocycles. The molecular formula is C21H20N3O4S-. The van der Waals surface area contributed by atoms with Gasteiger partial charge in [-0.2, -0.15) is 0 Å². The molecule has 8 heteroatoms. The Hall–Kier alpha value is -3.26. The number of thiocarbonyl (C=S) groups is 1. The summed E-state index contributed by atoms with van der Waals surface area (Å²) < 4.78 is 1.95. The number of carbonyl (C=O) groups excluding carboxylic acids is 3. The van der Waals surface area contributed by atoms with Crippen molar-refractivity contribution in [2.45, 2.75) is 20.8 Å². The lowest BCUT2D eigenvalue weighted by atomic mass is 10.1. The molecule has 1 saturated heterocycles. The minimum absolute atomic E-state index is 0.0351. The van der Waals surface area contributed by atoms with E-state index in [9.17, 15) is 19.5 Å². The van der Waals surface area contributed by atoms with Gasteiger partial charge in [-0.25, -0.2) is 0 Å². The molecule has 3 rings (SSSR count). The van der Waals surface area contributed by atoms with Crippen LogP contribution in [-0.2, 0) is 9.59 Å². The quantitative estimate of drug-likeness (QED) is 0.433. The van der Waals surface area contributed by atoms with Gasteiger partial charge in [-0.1, -0.05) is 6.07 Å². The van der Waals surface area contributed by atoms with Crippen LogP contribution in [0.3, 0.4) is 0 Å². The summed E-state index contributed by atoms with van der Waals surface area (Å²) in [6.07, 6.45) is 1.57. The topological polar surface area (TPSA) is 85.7 Å². The highest BCUT2D eigenvalue weighted by Gasteiger charge is 2.35. The molecule has 1 aliphatic rings. The Bertz CT molecular complexity index is 1090. The van der Waals surface area contributed by atoms with Gasteiger partial charge in [0.25, 0.3) is 11.8 Å². The van der Waals surface area contributed by atoms with Gasteiger partial charge in [0.15, 0.2) is 5.11 Å². The van der Waals surface area contributed by atoms with Crippen LogP contribution in [-0.4, -0.2) is 51.4 Å². The molecule has 0 atom stereocenters. The van der Waals surface area contributed by atoms with E-state index in [4.69, 9.17) is 12.2 Å². The lowest BCUT2D eigenvalue weighted by molar-refractivity contribution is -0.255. The third-order valence-corrected chi connectivity index (χ3v) is 5.64. The van der Waals surface area contributed by atoms with Crippen LogP contribution < -0.4 is 5.11 Å². The number of aromatic nitrogens is 1. The van der Waals surface area contributed by atoms with E-state index in [-0.39, 0.29) is 16.2 Å². The van der Waals surface area contributed by atoms with Gasteiger partial charge in [0.1, 0.15) is 5.57 Å². The zero-order chi connectivity index (χ0) is 21.6. The highest BCUT2D eigenvalue weighted by atomic mass is 32.1. The summed E-state index contributed by atoms with van der Waals surface area (Å²) in [7, 11) is 3.07. The Kier molecular flexibility index (Phi) is 5.15. The first-order valence-corrected chi connectivity index (χ1v) is 9.28. The van der Waals surface area contributed by atoms with E-state index in [1.807, 2.05) is 31.4 Å². The highest BCUT2D eigenvalue weighted by Crippen LogP contribution is 2.27. The number of carbonyl (C=O) groups is 3. The van der Waals surface area contributed by atoms with Crippen LogP contribution in [0.15, 0.2) is 29.8 Å². The molecule has 0 spiro atoms. The molecular weight excluding hydrogens is 390 g/mol. The lowest BCUT2D eigenvalue weighted by Crippen LogP contribution is -2.52. The predicted molar refractivity (Wildman–Crippen MR) is 110 cm³/mol. The number of aryl methyl sites for hydroxylation is 2. The largest absolute Gasteiger partial charge is 0.545 e. The fraction of sp³-hybridized carbons (Fsp3) is 0.238. The predicted octanol–water partition coefficient (Wildman–Crippen LogP) is 1.36. The fourth-order valence-electron chi connectivity index (χ4n) is 3.47. The van der Waals surface area contributed by atoms with E-state index >= 15 is 0 Å². The van der Waals surface area contributed by atoms with Gasteiger partial charge in [0.2, 0.25) is 0 Å². The molecule has 1 aromatic heterocycles. The Morgan fingerprint density at radius 2 is 1.62 bits per heavy atom. The first-order valence-electron chi connectivity index (χ1n) is 8.87. The molecule has 0 aliphatic carbocycles. The van der Waals surface area contributed by atoms with Crippen molar-refractivity contribution in [2.24, 2.45) is 0 Å². The Labute approximate surface area is 173 Å². The number of aromatic carboxylic acids is 1. The number of carboxylic acid groups (broad SMARTS) is 1. The normalized spacial score (nSPS) is 14.7. The first-order chi connectivity index (χ1) is 13.5. The van der Waals surface area contributed by atoms with Crippen molar-refractivity contribution >= 4 is 41.2 Å². The minimum atomic E-state index is -1.23. The number of hydrogen-bond donors (Lipinski definition) is 0. The van der Waals surface area contributed by atoms with Crippen molar-refractivity contribution in [3.05, 3.63) is 57.9 Å². The molecule has 1 fully saturated rings. The summed E-state index contributed by atoms with van der Waals surface area (Å²) in [5.74, 6) is -2.12. The van der Waals surface area contributed by atoms with Gasteiger partial charge in [-0.15, -0.1) is 0 Å². The SMILES string of the molecule is Cc1cc(C(=O)[O-])ccc1-n1c(C)cc(C=C2C(=O)N(C)C(=S)N(C)C2=O)c1C. The van der Waals surface area contributed by atoms with Crippen molar-refractivity contribution in [1.82, 2.24) is 14.4 Å². The summed E-state index contributed by atoms with van der Waals surface area (Å²) in [5, 5.41) is 11.2. The van der Waals surface area contributed by atoms with E-state index in [1.54, 1.807) is 18.2 Å². The average Bonchev–Trinajstić information content (AvgIpc) is 2.95. The summed E-state index contributed by atoms with van der Waals surface area (Å²) in [6, 6.07) is 6.64. The Morgan fingerprint density at radius 3 is 2.14 bits per heavy atom. The Morgan fingerprint density at radius 1 is 1.03 bits per heavy atom. The minimum Gasteiger partial charge on any atom is -0.545 e. The molecule has 1 aliphatic heterocycles. The fourth-order valence-corrected chi connectivity index (χ4v) is 3.63. The van der Waals surface area contributed by atoms with E-state index < -0.39 is 17.8 Å². The maximum atomic E-state index is 12.6. The second-order valence-corrected chi connectivity index (χ2v) is 7.38. The molecule has 29 heavy (non-hydrogen) atoms. The molecule has 7 nitrogen and oxygen atoms in total. The summed E-state index contributed by atoms with van der Waals surface area (Å²) in [4.78, 5) is 38.8. The van der Waals surface area contributed by atoms with Gasteiger partial charge < -0.3 is 14.5 Å². The van der Waals surface area contributed by atoms with Crippen molar-refractivity contribution in [3.63, 3.8) is 0 Å². The molecule has 150 valence electrons. The molecule has 0 N–H and O–H groups in total. The van der Waals surface area contributed by atoms with Crippen LogP contribution in [0.4, 0.5) is 0 Å². The zero-order valence-corrected chi connectivity index (χ0v) is 17.6. The molecule has 2 aromatic rings. The number of nitrogens with zero attached hydrogens (tertiary/aromatic N) is 3. The summed E-state index contributed by atoms with van der Waals surface area (Å²) in [6.45, 7) is 5.60. The van der Waals surface area contributed by atoms with Gasteiger partial charge >= 0.3 is 0 Å². The standard InChI is InChI=1S/C21H21N3O4S/c1-11-8-14(20(27)28)6-7-17(11)24-12(2)9-15(13(24)3)10-16-18(25)22(4)21(29)23(5)19(16)26/h6-10H,1-5H3,(H,27,28)/p-1. The lowest BCUT2D eigenvalue weighted by Gasteiger charge is -2.31. The molecule has 2 amide bonds. The summed E-state index contributed by atoms with van der Waals surface area (Å²) >= 11 is 5.11. The second-order valence-electron chi connectivity index (χ2n) is 7.02. The van der Waals surface area contributed by atoms with E-state index in [0.29, 0.717) is 0 Å². The molecule has 0 saturated carbocycles. The number of hydrogen-bond acceptors (Lipinski definition) is 5. The maximum Gasteiger partial charge on any atom is 0.265 e. The molecule has 0 unspecified atom stereocenters. The molecule has 0 bridgehead atoms. The van der Waals surface area contributed by atoms with E-state index in [2.05, 4.69) is 0 Å². The Balaban J connectivity index is 2.10. The number of benzene rings is 1. The van der Waals surface area contributed by atoms with Crippen molar-refractivity contribution < 1.29 is 19.5 Å². The van der Waals surface area contributed by atoms with Crippen LogP contribution in [0.25, 0.3) is 11.8 Å². The molecule has 0 radical (unpaired) electrons. The van der Waals surface area contributed by atoms with Crippen molar-refractivity contribution in [2.75, 3.05) is 14.1 Å². The highest BCUT2D eigenvalue weighted by molar-refractivity contribution is 7.80. The van der Waals surface area contributed by atoms with Crippen LogP contribution in [0.2, 0.25) is 0 Å². The van der Waals surface area contributed by atoms with E-state index in [0.717, 1.165) is 28.2 Å². The van der Waals surface area contributed by atoms with Crippen molar-refractivity contribution in [3.8, 4) is 5.69 Å². The third-order valence-electron chi connectivity index (χ3n) is 5.09. The third kappa shape index (κ3) is 3.36. The van der Waals surface area contributed by atoms with E-state index in [1.165, 1.54) is 30.0 Å². The van der Waals surface area contributed by atoms with Gasteiger partial charge in [-0.05, 0) is 74.0 Å². The number of rotatable bonds is 3. The maximum absolute atomic E-state index is 12.6. The van der Waals surface area contributed by atoms with Gasteiger partial charge in [0, 0.05) is 31.2 Å². The summed E-state index contributed by atoms with van der Waals surface area (Å²) in [5.41, 5.74) is 4.14. The van der Waals surface area contributed by atoms with Gasteiger partial charge in [-0.3, -0.25) is 19.4 Å². The van der Waals surface area contributed by atoms with Crippen molar-refractivity contribution in [1.29, 1.82) is 0 Å². The van der Waals surface area contributed by atoms with Crippen LogP contribution in [0, 0.1) is 20.8 Å². The monoisotopic (exact) mass is 410 g/mol. The average molecular weight is 410 g/mol. The smallest absolute Gasteiger partial charge is 0.265 e. The molecule has 2 heterocycles. The first kappa shape index (κ1) is 20.5. The number of likely N-dealkylation sites (N-methyl/N-ethyl adjacent to an activating group) is 2. The van der Waals surface area contributed by atoms with Crippen LogP contribution in [0.1, 0.15) is 32.9 Å². The second kappa shape index (κ2) is 7.29. The zero-order valence-electron chi connectivity index (χ0n) is 16.8.